The van der Waals surface area contributed by atoms with Gasteiger partial charge in [-0.25, -0.2) is 4.98 Å². The molecular weight excluding hydrogens is 260 g/mol. The highest BCUT2D eigenvalue weighted by Crippen LogP contribution is 2.25. The fraction of sp³-hybridized carbons (Fsp3) is 0.357. The summed E-state index contributed by atoms with van der Waals surface area (Å²) in [6, 6.07) is 11.0. The molecule has 0 spiro atoms. The molecule has 1 aliphatic heterocycles. The second-order valence-corrected chi connectivity index (χ2v) is 6.46. The summed E-state index contributed by atoms with van der Waals surface area (Å²) >= 11 is 3.80. The quantitative estimate of drug-likeness (QED) is 0.932. The van der Waals surface area contributed by atoms with Crippen LogP contribution in [-0.2, 0) is 6.42 Å². The number of benzene rings is 1. The molecule has 1 fully saturated rings. The van der Waals surface area contributed by atoms with Crippen LogP contribution in [-0.4, -0.2) is 23.0 Å². The Labute approximate surface area is 116 Å². The van der Waals surface area contributed by atoms with E-state index in [-0.39, 0.29) is 0 Å². The first-order valence-electron chi connectivity index (χ1n) is 6.21. The number of hydrogen-bond acceptors (Lipinski definition) is 4. The molecule has 4 heteroatoms. The Hall–Kier alpha value is -0.840. The van der Waals surface area contributed by atoms with E-state index in [4.69, 9.17) is 4.98 Å². The van der Waals surface area contributed by atoms with Crippen molar-refractivity contribution in [1.29, 1.82) is 0 Å². The minimum absolute atomic E-state index is 0.457. The van der Waals surface area contributed by atoms with E-state index in [1.165, 1.54) is 22.0 Å². The van der Waals surface area contributed by atoms with Crippen molar-refractivity contribution in [2.24, 2.45) is 0 Å². The second kappa shape index (κ2) is 5.87. The normalized spacial score (nSPS) is 19.9. The van der Waals surface area contributed by atoms with Crippen LogP contribution < -0.4 is 5.32 Å². The van der Waals surface area contributed by atoms with E-state index in [0.717, 1.165) is 18.7 Å². The van der Waals surface area contributed by atoms with Crippen LogP contribution in [0.3, 0.4) is 0 Å². The van der Waals surface area contributed by atoms with Gasteiger partial charge < -0.3 is 5.32 Å². The maximum atomic E-state index is 4.77. The Morgan fingerprint density at radius 2 is 2.17 bits per heavy atom. The van der Waals surface area contributed by atoms with Crippen LogP contribution in [0.2, 0.25) is 0 Å². The van der Waals surface area contributed by atoms with Crippen molar-refractivity contribution >= 4 is 23.1 Å². The Morgan fingerprint density at radius 1 is 1.28 bits per heavy atom. The number of thiazole rings is 1. The molecule has 2 heterocycles. The van der Waals surface area contributed by atoms with E-state index in [0.29, 0.717) is 6.04 Å². The Morgan fingerprint density at radius 3 is 2.94 bits per heavy atom. The average molecular weight is 276 g/mol. The zero-order chi connectivity index (χ0) is 12.2. The maximum absolute atomic E-state index is 4.77. The Bertz CT molecular complexity index is 490. The highest BCUT2D eigenvalue weighted by Gasteiger charge is 2.18. The van der Waals surface area contributed by atoms with Crippen LogP contribution in [0.4, 0.5) is 0 Å². The van der Waals surface area contributed by atoms with Gasteiger partial charge in [0, 0.05) is 29.9 Å². The van der Waals surface area contributed by atoms with Gasteiger partial charge in [0.05, 0.1) is 11.7 Å². The molecule has 0 aliphatic carbocycles. The van der Waals surface area contributed by atoms with Crippen LogP contribution in [0, 0.1) is 0 Å². The molecule has 1 aromatic carbocycles. The minimum atomic E-state index is 0.457. The van der Waals surface area contributed by atoms with E-state index in [9.17, 15) is 0 Å². The number of rotatable bonds is 3. The van der Waals surface area contributed by atoms with Crippen LogP contribution in [0.15, 0.2) is 35.7 Å². The summed E-state index contributed by atoms with van der Waals surface area (Å²) in [5, 5.41) is 6.98. The number of nitrogens with zero attached hydrogens (tertiary/aromatic N) is 1. The van der Waals surface area contributed by atoms with Crippen molar-refractivity contribution in [3.63, 3.8) is 0 Å². The van der Waals surface area contributed by atoms with Gasteiger partial charge in [-0.3, -0.25) is 0 Å². The van der Waals surface area contributed by atoms with Crippen molar-refractivity contribution < 1.29 is 0 Å². The standard InChI is InChI=1S/C14H16N2S2/c1-2-4-11(5-3-1)8-12-9-18-14(16-12)13-10-17-7-6-15-13/h1-5,9,13,15H,6-8,10H2. The number of hydrogen-bond donors (Lipinski definition) is 1. The highest BCUT2D eigenvalue weighted by molar-refractivity contribution is 7.99. The summed E-state index contributed by atoms with van der Waals surface area (Å²) in [6.45, 7) is 1.10. The summed E-state index contributed by atoms with van der Waals surface area (Å²) in [6.07, 6.45) is 0.942. The van der Waals surface area contributed by atoms with E-state index in [1.54, 1.807) is 11.3 Å². The van der Waals surface area contributed by atoms with Gasteiger partial charge in [0.1, 0.15) is 5.01 Å². The van der Waals surface area contributed by atoms with Crippen molar-refractivity contribution in [2.75, 3.05) is 18.1 Å². The van der Waals surface area contributed by atoms with Gasteiger partial charge in [-0.05, 0) is 5.56 Å². The van der Waals surface area contributed by atoms with Crippen LogP contribution >= 0.6 is 23.1 Å². The molecule has 0 radical (unpaired) electrons. The van der Waals surface area contributed by atoms with Crippen LogP contribution in [0.1, 0.15) is 22.3 Å². The van der Waals surface area contributed by atoms with Crippen molar-refractivity contribution in [3.05, 3.63) is 52.0 Å². The molecule has 1 N–H and O–H groups in total. The van der Waals surface area contributed by atoms with E-state index in [1.807, 2.05) is 11.8 Å². The molecule has 2 aromatic rings. The fourth-order valence-electron chi connectivity index (χ4n) is 2.09. The molecule has 1 saturated heterocycles. The monoisotopic (exact) mass is 276 g/mol. The van der Waals surface area contributed by atoms with Gasteiger partial charge in [-0.15, -0.1) is 11.3 Å². The fourth-order valence-corrected chi connectivity index (χ4v) is 4.03. The smallest absolute Gasteiger partial charge is 0.111 e. The average Bonchev–Trinajstić information content (AvgIpc) is 2.89. The molecule has 0 amide bonds. The van der Waals surface area contributed by atoms with E-state index in [2.05, 4.69) is 41.0 Å². The SMILES string of the molecule is c1ccc(Cc2csc(C3CSCCN3)n2)cc1. The molecule has 1 unspecified atom stereocenters. The minimum Gasteiger partial charge on any atom is -0.306 e. The lowest BCUT2D eigenvalue weighted by molar-refractivity contribution is 0.590. The lowest BCUT2D eigenvalue weighted by Crippen LogP contribution is -2.30. The number of thioether (sulfide) groups is 1. The third kappa shape index (κ3) is 2.94. The maximum Gasteiger partial charge on any atom is 0.111 e. The molecule has 1 atom stereocenters. The van der Waals surface area contributed by atoms with Crippen LogP contribution in [0.25, 0.3) is 0 Å². The molecule has 1 aliphatic rings. The molecule has 0 bridgehead atoms. The molecule has 1 aromatic heterocycles. The van der Waals surface area contributed by atoms with Gasteiger partial charge in [-0.1, -0.05) is 30.3 Å². The lowest BCUT2D eigenvalue weighted by atomic mass is 10.1. The summed E-state index contributed by atoms with van der Waals surface area (Å²) in [5.41, 5.74) is 2.53. The number of aromatic nitrogens is 1. The summed E-state index contributed by atoms with van der Waals surface area (Å²) in [4.78, 5) is 4.77. The third-order valence-corrected chi connectivity index (χ3v) is 5.09. The molecule has 94 valence electrons. The van der Waals surface area contributed by atoms with Gasteiger partial charge in [0.2, 0.25) is 0 Å². The van der Waals surface area contributed by atoms with Crippen LogP contribution in [0.5, 0.6) is 0 Å². The van der Waals surface area contributed by atoms with Crippen molar-refractivity contribution in [3.8, 4) is 0 Å². The first-order chi connectivity index (χ1) is 8.92. The number of nitrogens with one attached hydrogen (secondary N) is 1. The predicted octanol–water partition coefficient (Wildman–Crippen LogP) is 3.11. The first kappa shape index (κ1) is 12.2. The third-order valence-electron chi connectivity index (χ3n) is 3.02. The van der Waals surface area contributed by atoms with Gasteiger partial charge >= 0.3 is 0 Å². The molecule has 2 nitrogen and oxygen atoms in total. The molecular formula is C14H16N2S2. The largest absolute Gasteiger partial charge is 0.306 e. The van der Waals surface area contributed by atoms with Crippen molar-refractivity contribution in [2.45, 2.75) is 12.5 Å². The zero-order valence-electron chi connectivity index (χ0n) is 10.1. The second-order valence-electron chi connectivity index (χ2n) is 4.42. The van der Waals surface area contributed by atoms with E-state index < -0.39 is 0 Å². The summed E-state index contributed by atoms with van der Waals surface area (Å²) in [7, 11) is 0. The van der Waals surface area contributed by atoms with Crippen molar-refractivity contribution in [1.82, 2.24) is 10.3 Å². The lowest BCUT2D eigenvalue weighted by Gasteiger charge is -2.20. The highest BCUT2D eigenvalue weighted by atomic mass is 32.2. The predicted molar refractivity (Wildman–Crippen MR) is 79.4 cm³/mol. The molecule has 0 saturated carbocycles. The van der Waals surface area contributed by atoms with Gasteiger partial charge in [-0.2, -0.15) is 11.8 Å². The Balaban J connectivity index is 1.69. The first-order valence-corrected chi connectivity index (χ1v) is 8.24. The molecule has 3 rings (SSSR count). The summed E-state index contributed by atoms with van der Waals surface area (Å²) < 4.78 is 0. The van der Waals surface area contributed by atoms with Gasteiger partial charge in [0.15, 0.2) is 0 Å². The van der Waals surface area contributed by atoms with E-state index >= 15 is 0 Å². The zero-order valence-corrected chi connectivity index (χ0v) is 11.8. The Kier molecular flexibility index (Phi) is 3.98. The molecule has 18 heavy (non-hydrogen) atoms. The topological polar surface area (TPSA) is 24.9 Å². The summed E-state index contributed by atoms with van der Waals surface area (Å²) in [5.74, 6) is 2.37. The van der Waals surface area contributed by atoms with Gasteiger partial charge in [0.25, 0.3) is 0 Å².